The zero-order chi connectivity index (χ0) is 25.7. The minimum Gasteiger partial charge on any atom is -0.506 e. The second kappa shape index (κ2) is 11.4. The molecule has 9 heteroatoms. The van der Waals surface area contributed by atoms with Gasteiger partial charge in [0, 0.05) is 29.6 Å². The number of likely N-dealkylation sites (N-methyl/N-ethyl adjacent to an activating group) is 1. The van der Waals surface area contributed by atoms with E-state index in [1.54, 1.807) is 17.2 Å². The molecule has 188 valence electrons. The number of carbonyl (C=O) groups is 2. The molecule has 0 bridgehead atoms. The molecule has 0 unspecified atom stereocenters. The molecule has 0 radical (unpaired) electrons. The van der Waals surface area contributed by atoms with Crippen molar-refractivity contribution in [3.63, 3.8) is 0 Å². The summed E-state index contributed by atoms with van der Waals surface area (Å²) in [6.45, 7) is 1.94. The molecule has 0 aliphatic carbocycles. The smallest absolute Gasteiger partial charge is 0.271 e. The molecule has 0 saturated carbocycles. The topological polar surface area (TPSA) is 94.5 Å². The van der Waals surface area contributed by atoms with E-state index in [0.29, 0.717) is 5.75 Å². The highest BCUT2D eigenvalue weighted by atomic mass is 35.5. The van der Waals surface area contributed by atoms with Crippen LogP contribution in [0.4, 0.5) is 0 Å². The van der Waals surface area contributed by atoms with Gasteiger partial charge in [0.25, 0.3) is 11.8 Å². The predicted molar refractivity (Wildman–Crippen MR) is 141 cm³/mol. The first kappa shape index (κ1) is 25.5. The molecule has 3 aromatic carbocycles. The lowest BCUT2D eigenvalue weighted by atomic mass is 10.0. The molecular formula is C27H29ClN4O4. The zero-order valence-electron chi connectivity index (χ0n) is 20.3. The van der Waals surface area contributed by atoms with Gasteiger partial charge in [-0.05, 0) is 68.7 Å². The van der Waals surface area contributed by atoms with Gasteiger partial charge in [-0.3, -0.25) is 9.59 Å². The Labute approximate surface area is 215 Å². The van der Waals surface area contributed by atoms with Crippen LogP contribution in [0.3, 0.4) is 0 Å². The average molecular weight is 509 g/mol. The number of phenols is 1. The van der Waals surface area contributed by atoms with Crippen LogP contribution in [0.1, 0.15) is 28.8 Å². The number of benzene rings is 3. The van der Waals surface area contributed by atoms with Crippen LogP contribution in [0.25, 0.3) is 10.8 Å². The van der Waals surface area contributed by atoms with Crippen LogP contribution in [0.2, 0.25) is 5.02 Å². The van der Waals surface area contributed by atoms with E-state index >= 15 is 0 Å². The monoisotopic (exact) mass is 508 g/mol. The summed E-state index contributed by atoms with van der Waals surface area (Å²) in [5.74, 6) is 0.0114. The Bertz CT molecular complexity index is 1290. The molecule has 0 spiro atoms. The number of rotatable bonds is 7. The first-order chi connectivity index (χ1) is 17.3. The maximum atomic E-state index is 12.8. The summed E-state index contributed by atoms with van der Waals surface area (Å²) in [5.41, 5.74) is 3.52. The maximum absolute atomic E-state index is 12.8. The average Bonchev–Trinajstić information content (AvgIpc) is 2.89. The van der Waals surface area contributed by atoms with E-state index in [1.807, 2.05) is 37.4 Å². The zero-order valence-corrected chi connectivity index (χ0v) is 21.0. The van der Waals surface area contributed by atoms with Gasteiger partial charge in [0.1, 0.15) is 11.5 Å². The van der Waals surface area contributed by atoms with Gasteiger partial charge in [0.05, 0.1) is 11.2 Å². The van der Waals surface area contributed by atoms with Crippen molar-refractivity contribution in [3.8, 4) is 11.5 Å². The van der Waals surface area contributed by atoms with Gasteiger partial charge in [-0.25, -0.2) is 5.43 Å². The fourth-order valence-corrected chi connectivity index (χ4v) is 4.41. The highest BCUT2D eigenvalue weighted by molar-refractivity contribution is 6.32. The molecule has 1 heterocycles. The van der Waals surface area contributed by atoms with E-state index < -0.39 is 5.91 Å². The number of ether oxygens (including phenoxy) is 1. The lowest BCUT2D eigenvalue weighted by Crippen LogP contribution is -2.45. The second-order valence-electron chi connectivity index (χ2n) is 8.89. The van der Waals surface area contributed by atoms with E-state index in [2.05, 4.69) is 22.5 Å². The number of piperidine rings is 1. The summed E-state index contributed by atoms with van der Waals surface area (Å²) in [7, 11) is 3.94. The number of nitrogens with zero attached hydrogens (tertiary/aromatic N) is 3. The number of nitrogens with one attached hydrogen (secondary N) is 1. The summed E-state index contributed by atoms with van der Waals surface area (Å²) in [6, 6.07) is 15.7. The van der Waals surface area contributed by atoms with Crippen molar-refractivity contribution >= 4 is 40.4 Å². The normalized spacial score (nSPS) is 14.8. The SMILES string of the molecule is CN1CCC(N(C)C(=O)COc2ccc(C=NNC(=O)c3ccc(O)c(Cl)c3)c3ccccc23)CC1. The molecule has 8 nitrogen and oxygen atoms in total. The largest absolute Gasteiger partial charge is 0.506 e. The number of hydrogen-bond donors (Lipinski definition) is 2. The van der Waals surface area contributed by atoms with Crippen LogP contribution < -0.4 is 10.2 Å². The first-order valence-corrected chi connectivity index (χ1v) is 12.1. The van der Waals surface area contributed by atoms with E-state index in [9.17, 15) is 14.7 Å². The van der Waals surface area contributed by atoms with Gasteiger partial charge in [-0.15, -0.1) is 0 Å². The van der Waals surface area contributed by atoms with Gasteiger partial charge in [0.2, 0.25) is 0 Å². The molecule has 1 aliphatic rings. The molecule has 2 N–H and O–H groups in total. The minimum atomic E-state index is -0.454. The summed E-state index contributed by atoms with van der Waals surface area (Å²) in [6.07, 6.45) is 3.48. The number of carbonyl (C=O) groups excluding carboxylic acids is 2. The van der Waals surface area contributed by atoms with Gasteiger partial charge in [0.15, 0.2) is 6.61 Å². The number of aromatic hydroxyl groups is 1. The molecule has 1 aliphatic heterocycles. The van der Waals surface area contributed by atoms with Crippen LogP contribution in [-0.2, 0) is 4.79 Å². The molecule has 0 atom stereocenters. The van der Waals surface area contributed by atoms with Crippen molar-refractivity contribution in [2.24, 2.45) is 5.10 Å². The Morgan fingerprint density at radius 3 is 2.61 bits per heavy atom. The molecular weight excluding hydrogens is 480 g/mol. The van der Waals surface area contributed by atoms with Crippen LogP contribution >= 0.6 is 11.6 Å². The number of fused-ring (bicyclic) bond motifs is 1. The summed E-state index contributed by atoms with van der Waals surface area (Å²) in [4.78, 5) is 29.2. The van der Waals surface area contributed by atoms with Crippen molar-refractivity contribution in [1.82, 2.24) is 15.2 Å². The number of likely N-dealkylation sites (tertiary alicyclic amines) is 1. The van der Waals surface area contributed by atoms with Crippen LogP contribution in [0.5, 0.6) is 11.5 Å². The van der Waals surface area contributed by atoms with Crippen molar-refractivity contribution in [1.29, 1.82) is 0 Å². The Morgan fingerprint density at radius 2 is 1.89 bits per heavy atom. The Hall–Kier alpha value is -3.62. The maximum Gasteiger partial charge on any atom is 0.271 e. The fraction of sp³-hybridized carbons (Fsp3) is 0.296. The highest BCUT2D eigenvalue weighted by Gasteiger charge is 2.24. The third kappa shape index (κ3) is 5.95. The van der Waals surface area contributed by atoms with Crippen molar-refractivity contribution in [2.75, 3.05) is 33.8 Å². The summed E-state index contributed by atoms with van der Waals surface area (Å²) < 4.78 is 5.94. The number of hydrogen-bond acceptors (Lipinski definition) is 6. The van der Waals surface area contributed by atoms with Crippen LogP contribution in [0, 0.1) is 0 Å². The third-order valence-corrected chi connectivity index (χ3v) is 6.78. The highest BCUT2D eigenvalue weighted by Crippen LogP contribution is 2.28. The lowest BCUT2D eigenvalue weighted by Gasteiger charge is -2.35. The Morgan fingerprint density at radius 1 is 1.17 bits per heavy atom. The predicted octanol–water partition coefficient (Wildman–Crippen LogP) is 3.89. The van der Waals surface area contributed by atoms with Crippen LogP contribution in [0.15, 0.2) is 59.7 Å². The minimum absolute atomic E-state index is 0.0362. The molecule has 4 rings (SSSR count). The standard InChI is InChI=1S/C27H29ClN4O4/c1-31-13-11-20(12-14-31)32(2)26(34)17-36-25-10-8-19(21-5-3-4-6-22(21)25)16-29-30-27(35)18-7-9-24(33)23(28)15-18/h3-10,15-16,20,33H,11-14,17H2,1-2H3,(H,30,35). The molecule has 1 saturated heterocycles. The van der Waals surface area contributed by atoms with E-state index in [-0.39, 0.29) is 34.9 Å². The van der Waals surface area contributed by atoms with E-state index in [0.717, 1.165) is 42.3 Å². The quantitative estimate of drug-likeness (QED) is 0.373. The molecule has 1 fully saturated rings. The molecule has 0 aromatic heterocycles. The third-order valence-electron chi connectivity index (χ3n) is 6.48. The van der Waals surface area contributed by atoms with E-state index in [1.165, 1.54) is 18.2 Å². The molecule has 3 aromatic rings. The first-order valence-electron chi connectivity index (χ1n) is 11.7. The fourth-order valence-electron chi connectivity index (χ4n) is 4.23. The lowest BCUT2D eigenvalue weighted by molar-refractivity contribution is -0.134. The van der Waals surface area contributed by atoms with Gasteiger partial charge in [-0.1, -0.05) is 35.9 Å². The van der Waals surface area contributed by atoms with Crippen molar-refractivity contribution in [2.45, 2.75) is 18.9 Å². The Kier molecular flexibility index (Phi) is 8.07. The van der Waals surface area contributed by atoms with Crippen LogP contribution in [-0.4, -0.2) is 72.8 Å². The van der Waals surface area contributed by atoms with Gasteiger partial charge >= 0.3 is 0 Å². The number of phenolic OH excluding ortho intramolecular Hbond substituents is 1. The van der Waals surface area contributed by atoms with E-state index in [4.69, 9.17) is 16.3 Å². The van der Waals surface area contributed by atoms with Crippen molar-refractivity contribution in [3.05, 3.63) is 70.7 Å². The summed E-state index contributed by atoms with van der Waals surface area (Å²) >= 11 is 5.87. The number of halogens is 1. The van der Waals surface area contributed by atoms with Crippen molar-refractivity contribution < 1.29 is 19.4 Å². The Balaban J connectivity index is 1.42. The molecule has 2 amide bonds. The molecule has 36 heavy (non-hydrogen) atoms. The second-order valence-corrected chi connectivity index (χ2v) is 9.30. The number of amides is 2. The summed E-state index contributed by atoms with van der Waals surface area (Å²) in [5, 5.41) is 15.4. The van der Waals surface area contributed by atoms with Gasteiger partial charge < -0.3 is 19.6 Å². The van der Waals surface area contributed by atoms with Gasteiger partial charge in [-0.2, -0.15) is 5.10 Å². The number of hydrazone groups is 1.